The minimum Gasteiger partial charge on any atom is -0.367 e. The lowest BCUT2D eigenvalue weighted by Gasteiger charge is -2.36. The predicted molar refractivity (Wildman–Crippen MR) is 144 cm³/mol. The molecule has 1 aliphatic heterocycles. The molecule has 4 aromatic rings. The maximum Gasteiger partial charge on any atom is 0.180 e. The first kappa shape index (κ1) is 24.5. The highest BCUT2D eigenvalue weighted by Gasteiger charge is 2.22. The second-order valence-electron chi connectivity index (χ2n) is 9.74. The molecule has 0 aliphatic carbocycles. The topological polar surface area (TPSA) is 98.0 Å². The highest BCUT2D eigenvalue weighted by atomic mass is 32.2. The van der Waals surface area contributed by atoms with Crippen molar-refractivity contribution < 1.29 is 8.42 Å². The summed E-state index contributed by atoms with van der Waals surface area (Å²) >= 11 is 0. The molecule has 0 saturated carbocycles. The Bertz CT molecular complexity index is 1460. The molecule has 36 heavy (non-hydrogen) atoms. The van der Waals surface area contributed by atoms with Crippen molar-refractivity contribution in [3.05, 3.63) is 59.7 Å². The van der Waals surface area contributed by atoms with Gasteiger partial charge in [-0.2, -0.15) is 0 Å². The van der Waals surface area contributed by atoms with E-state index in [1.165, 1.54) is 5.69 Å². The van der Waals surface area contributed by atoms with E-state index in [4.69, 9.17) is 4.98 Å². The molecule has 0 amide bonds. The van der Waals surface area contributed by atoms with E-state index in [1.807, 2.05) is 18.2 Å². The van der Waals surface area contributed by atoms with Gasteiger partial charge in [0.25, 0.3) is 0 Å². The first-order valence-electron chi connectivity index (χ1n) is 12.6. The van der Waals surface area contributed by atoms with Crippen LogP contribution in [0, 0.1) is 6.92 Å². The standard InChI is InChI=1S/C27H34N6O2S/c1-5-25-28-19(4)23(29-25)17-32-13-15-33(16-14-32)24-8-6-7-22-26(24)31-27(30-22)20-9-11-21(12-10-20)36(34,35)18(2)3/h6-12,18H,5,13-17H2,1-4H3,(H,28,29)(H,30,31). The van der Waals surface area contributed by atoms with Crippen LogP contribution in [0.1, 0.15) is 38.0 Å². The third-order valence-corrected chi connectivity index (χ3v) is 9.20. The SMILES string of the molecule is CCc1nc(C)c(CN2CCN(c3cccc4[nH]c(-c5ccc(S(=O)(=O)C(C)C)cc5)nc34)CC2)[nH]1. The van der Waals surface area contributed by atoms with Crippen LogP contribution in [-0.4, -0.2) is 64.7 Å². The van der Waals surface area contributed by atoms with E-state index in [1.54, 1.807) is 26.0 Å². The summed E-state index contributed by atoms with van der Waals surface area (Å²) in [7, 11) is -3.30. The summed E-state index contributed by atoms with van der Waals surface area (Å²) in [5.74, 6) is 1.80. The Morgan fingerprint density at radius 3 is 2.33 bits per heavy atom. The van der Waals surface area contributed by atoms with Crippen LogP contribution in [0.4, 0.5) is 5.69 Å². The zero-order chi connectivity index (χ0) is 25.4. The molecule has 2 aromatic heterocycles. The van der Waals surface area contributed by atoms with Crippen molar-refractivity contribution in [1.29, 1.82) is 0 Å². The lowest BCUT2D eigenvalue weighted by Crippen LogP contribution is -2.46. The Hall–Kier alpha value is -3.17. The first-order valence-corrected chi connectivity index (χ1v) is 14.2. The number of nitrogens with one attached hydrogen (secondary N) is 2. The molecule has 2 N–H and O–H groups in total. The van der Waals surface area contributed by atoms with Gasteiger partial charge in [-0.25, -0.2) is 18.4 Å². The fraction of sp³-hybridized carbons (Fsp3) is 0.407. The van der Waals surface area contributed by atoms with Crippen molar-refractivity contribution in [3.8, 4) is 11.4 Å². The minimum atomic E-state index is -3.30. The molecule has 0 bridgehead atoms. The second-order valence-corrected chi connectivity index (χ2v) is 12.2. The summed E-state index contributed by atoms with van der Waals surface area (Å²) in [6.07, 6.45) is 0.922. The lowest BCUT2D eigenvalue weighted by molar-refractivity contribution is 0.247. The van der Waals surface area contributed by atoms with Crippen LogP contribution < -0.4 is 4.90 Å². The third kappa shape index (κ3) is 4.65. The van der Waals surface area contributed by atoms with Crippen LogP contribution in [0.5, 0.6) is 0 Å². The van der Waals surface area contributed by atoms with Crippen molar-refractivity contribution in [2.24, 2.45) is 0 Å². The largest absolute Gasteiger partial charge is 0.367 e. The van der Waals surface area contributed by atoms with Gasteiger partial charge in [-0.15, -0.1) is 0 Å². The molecule has 5 rings (SSSR count). The second kappa shape index (κ2) is 9.71. The number of rotatable bonds is 7. The Labute approximate surface area is 212 Å². The first-order chi connectivity index (χ1) is 17.3. The van der Waals surface area contributed by atoms with Gasteiger partial charge in [-0.3, -0.25) is 4.90 Å². The maximum atomic E-state index is 12.5. The van der Waals surface area contributed by atoms with Crippen molar-refractivity contribution >= 4 is 26.6 Å². The number of nitrogens with zero attached hydrogens (tertiary/aromatic N) is 4. The summed E-state index contributed by atoms with van der Waals surface area (Å²) in [5.41, 5.74) is 6.22. The highest BCUT2D eigenvalue weighted by Crippen LogP contribution is 2.30. The number of anilines is 1. The predicted octanol–water partition coefficient (Wildman–Crippen LogP) is 4.33. The van der Waals surface area contributed by atoms with Crippen LogP contribution in [0.3, 0.4) is 0 Å². The van der Waals surface area contributed by atoms with Gasteiger partial charge >= 0.3 is 0 Å². The maximum absolute atomic E-state index is 12.5. The van der Waals surface area contributed by atoms with Gasteiger partial charge in [0, 0.05) is 44.7 Å². The Morgan fingerprint density at radius 2 is 1.69 bits per heavy atom. The molecular weight excluding hydrogens is 472 g/mol. The van der Waals surface area contributed by atoms with Gasteiger partial charge in [0.1, 0.15) is 17.2 Å². The Morgan fingerprint density at radius 1 is 0.972 bits per heavy atom. The number of benzene rings is 2. The van der Waals surface area contributed by atoms with Crippen molar-refractivity contribution in [2.75, 3.05) is 31.1 Å². The highest BCUT2D eigenvalue weighted by molar-refractivity contribution is 7.92. The summed E-state index contributed by atoms with van der Waals surface area (Å²) in [4.78, 5) is 21.6. The molecule has 1 aliphatic rings. The van der Waals surface area contributed by atoms with E-state index in [0.29, 0.717) is 4.90 Å². The van der Waals surface area contributed by atoms with Crippen LogP contribution in [0.15, 0.2) is 47.4 Å². The van der Waals surface area contributed by atoms with Gasteiger partial charge in [0.15, 0.2) is 9.84 Å². The van der Waals surface area contributed by atoms with Crippen LogP contribution in [0.2, 0.25) is 0 Å². The minimum absolute atomic E-state index is 0.340. The number of piperazine rings is 1. The van der Waals surface area contributed by atoms with Crippen molar-refractivity contribution in [3.63, 3.8) is 0 Å². The smallest absolute Gasteiger partial charge is 0.180 e. The van der Waals surface area contributed by atoms with E-state index in [9.17, 15) is 8.42 Å². The average molecular weight is 507 g/mol. The van der Waals surface area contributed by atoms with E-state index in [0.717, 1.165) is 78.8 Å². The van der Waals surface area contributed by atoms with Gasteiger partial charge in [0.05, 0.1) is 32.7 Å². The summed E-state index contributed by atoms with van der Waals surface area (Å²) < 4.78 is 24.9. The van der Waals surface area contributed by atoms with Crippen LogP contribution in [-0.2, 0) is 22.8 Å². The average Bonchev–Trinajstić information content (AvgIpc) is 3.47. The normalized spacial score (nSPS) is 15.3. The number of hydrogen-bond donors (Lipinski definition) is 2. The van der Waals surface area contributed by atoms with E-state index < -0.39 is 15.1 Å². The molecule has 0 spiro atoms. The van der Waals surface area contributed by atoms with E-state index in [-0.39, 0.29) is 0 Å². The molecule has 1 saturated heterocycles. The molecule has 190 valence electrons. The number of imidazole rings is 2. The number of sulfone groups is 1. The van der Waals surface area contributed by atoms with E-state index >= 15 is 0 Å². The van der Waals surface area contributed by atoms with Gasteiger partial charge < -0.3 is 14.9 Å². The molecule has 1 fully saturated rings. The molecule has 9 heteroatoms. The van der Waals surface area contributed by atoms with Gasteiger partial charge in [-0.05, 0) is 57.2 Å². The zero-order valence-electron chi connectivity index (χ0n) is 21.4. The molecule has 8 nitrogen and oxygen atoms in total. The monoisotopic (exact) mass is 506 g/mol. The molecule has 0 atom stereocenters. The molecular formula is C27H34N6O2S. The van der Waals surface area contributed by atoms with Gasteiger partial charge in [0.2, 0.25) is 0 Å². The number of para-hydroxylation sites is 1. The van der Waals surface area contributed by atoms with Crippen LogP contribution >= 0.6 is 0 Å². The summed E-state index contributed by atoms with van der Waals surface area (Å²) in [5, 5.41) is -0.449. The number of fused-ring (bicyclic) bond motifs is 1. The lowest BCUT2D eigenvalue weighted by atomic mass is 10.2. The number of aromatic amines is 2. The fourth-order valence-electron chi connectivity index (χ4n) is 4.74. The van der Waals surface area contributed by atoms with E-state index in [2.05, 4.69) is 50.7 Å². The number of aromatic nitrogens is 4. The molecule has 3 heterocycles. The summed E-state index contributed by atoms with van der Waals surface area (Å²) in [6.45, 7) is 12.3. The van der Waals surface area contributed by atoms with Crippen molar-refractivity contribution in [2.45, 2.75) is 50.8 Å². The molecule has 0 radical (unpaired) electrons. The van der Waals surface area contributed by atoms with Crippen molar-refractivity contribution in [1.82, 2.24) is 24.8 Å². The Balaban J connectivity index is 1.32. The number of H-pyrrole nitrogens is 2. The third-order valence-electron chi connectivity index (χ3n) is 7.03. The Kier molecular flexibility index (Phi) is 6.61. The summed E-state index contributed by atoms with van der Waals surface area (Å²) in [6, 6.07) is 13.2. The van der Waals surface area contributed by atoms with Crippen LogP contribution in [0.25, 0.3) is 22.4 Å². The number of aryl methyl sites for hydroxylation is 2. The number of hydrogen-bond acceptors (Lipinski definition) is 6. The molecule has 0 unspecified atom stereocenters. The quantitative estimate of drug-likeness (QED) is 0.387. The zero-order valence-corrected chi connectivity index (χ0v) is 22.2. The fourth-order valence-corrected chi connectivity index (χ4v) is 5.80. The van der Waals surface area contributed by atoms with Gasteiger partial charge in [-0.1, -0.05) is 13.0 Å². The molecule has 2 aromatic carbocycles.